The lowest BCUT2D eigenvalue weighted by Crippen LogP contribution is -2.33. The van der Waals surface area contributed by atoms with Crippen LogP contribution in [-0.2, 0) is 0 Å². The highest BCUT2D eigenvalue weighted by molar-refractivity contribution is 5.33. The molecule has 0 aliphatic heterocycles. The van der Waals surface area contributed by atoms with Gasteiger partial charge in [0.25, 0.3) is 0 Å². The van der Waals surface area contributed by atoms with Gasteiger partial charge in [-0.25, -0.2) is 0 Å². The summed E-state index contributed by atoms with van der Waals surface area (Å²) in [5.74, 6) is 1.21. The zero-order valence-electron chi connectivity index (χ0n) is 11.4. The minimum atomic E-state index is -0.783. The lowest BCUT2D eigenvalue weighted by atomic mass is 10.0. The molecule has 0 spiro atoms. The van der Waals surface area contributed by atoms with Crippen molar-refractivity contribution in [3.05, 3.63) is 6.07 Å². The fourth-order valence-corrected chi connectivity index (χ4v) is 1.59. The lowest BCUT2D eigenvalue weighted by molar-refractivity contribution is 0.0634. The van der Waals surface area contributed by atoms with Gasteiger partial charge >= 0.3 is 0 Å². The van der Waals surface area contributed by atoms with Crippen LogP contribution in [0.3, 0.4) is 0 Å². The average Bonchev–Trinajstić information content (AvgIpc) is 2.36. The number of methoxy groups -OCH3 is 2. The van der Waals surface area contributed by atoms with Gasteiger partial charge in [-0.15, -0.1) is 0 Å². The highest BCUT2D eigenvalue weighted by Crippen LogP contribution is 2.18. The van der Waals surface area contributed by atoms with E-state index in [9.17, 15) is 5.11 Å². The summed E-state index contributed by atoms with van der Waals surface area (Å²) in [6.45, 7) is 4.18. The molecule has 0 radical (unpaired) electrons. The first-order chi connectivity index (χ1) is 8.50. The van der Waals surface area contributed by atoms with Crippen LogP contribution in [0.25, 0.3) is 0 Å². The highest BCUT2D eigenvalue weighted by atomic mass is 16.5. The van der Waals surface area contributed by atoms with Crippen LogP contribution in [0, 0.1) is 0 Å². The maximum Gasteiger partial charge on any atom is 0.229 e. The van der Waals surface area contributed by atoms with Crippen molar-refractivity contribution in [3.63, 3.8) is 0 Å². The van der Waals surface area contributed by atoms with Crippen LogP contribution in [-0.4, -0.2) is 41.4 Å². The van der Waals surface area contributed by atoms with E-state index in [1.165, 1.54) is 14.2 Å². The molecule has 0 saturated carbocycles. The smallest absolute Gasteiger partial charge is 0.229 e. The van der Waals surface area contributed by atoms with Crippen molar-refractivity contribution in [2.45, 2.75) is 32.3 Å². The Morgan fingerprint density at radius 1 is 1.28 bits per heavy atom. The SMILES string of the molecule is CCCC(C)(O)CNc1nc(OC)cc(OC)n1. The summed E-state index contributed by atoms with van der Waals surface area (Å²) in [6, 6.07) is 1.59. The molecule has 1 aromatic rings. The van der Waals surface area contributed by atoms with Crippen molar-refractivity contribution < 1.29 is 14.6 Å². The second-order valence-electron chi connectivity index (χ2n) is 4.38. The predicted octanol–water partition coefficient (Wildman–Crippen LogP) is 1.46. The van der Waals surface area contributed by atoms with E-state index < -0.39 is 5.60 Å². The van der Waals surface area contributed by atoms with Crippen molar-refractivity contribution in [1.29, 1.82) is 0 Å². The predicted molar refractivity (Wildman–Crippen MR) is 69.2 cm³/mol. The molecule has 0 amide bonds. The standard InChI is InChI=1S/C12H21N3O3/c1-5-6-12(2,16)8-13-11-14-9(17-3)7-10(15-11)18-4/h7,16H,5-6,8H2,1-4H3,(H,13,14,15). The summed E-state index contributed by atoms with van der Waals surface area (Å²) < 4.78 is 10.1. The Morgan fingerprint density at radius 2 is 1.83 bits per heavy atom. The molecule has 0 aliphatic rings. The number of hydrogen-bond donors (Lipinski definition) is 2. The molecule has 1 rings (SSSR count). The summed E-state index contributed by atoms with van der Waals surface area (Å²) in [5, 5.41) is 13.0. The van der Waals surface area contributed by atoms with E-state index in [0.717, 1.165) is 6.42 Å². The van der Waals surface area contributed by atoms with Crippen LogP contribution < -0.4 is 14.8 Å². The monoisotopic (exact) mass is 255 g/mol. The van der Waals surface area contributed by atoms with Gasteiger partial charge in [0.15, 0.2) is 0 Å². The van der Waals surface area contributed by atoms with Crippen LogP contribution >= 0.6 is 0 Å². The van der Waals surface area contributed by atoms with Crippen LogP contribution in [0.15, 0.2) is 6.07 Å². The number of ether oxygens (including phenoxy) is 2. The van der Waals surface area contributed by atoms with Gasteiger partial charge < -0.3 is 19.9 Å². The van der Waals surface area contributed by atoms with E-state index in [1.807, 2.05) is 6.92 Å². The van der Waals surface area contributed by atoms with Gasteiger partial charge in [-0.1, -0.05) is 13.3 Å². The van der Waals surface area contributed by atoms with Crippen molar-refractivity contribution in [2.75, 3.05) is 26.1 Å². The van der Waals surface area contributed by atoms with Crippen LogP contribution in [0.5, 0.6) is 11.8 Å². The van der Waals surface area contributed by atoms with Crippen molar-refractivity contribution in [1.82, 2.24) is 9.97 Å². The Labute approximate surface area is 107 Å². The second-order valence-corrected chi connectivity index (χ2v) is 4.38. The third kappa shape index (κ3) is 4.37. The molecule has 1 aromatic heterocycles. The van der Waals surface area contributed by atoms with Crippen LogP contribution in [0.1, 0.15) is 26.7 Å². The number of nitrogens with zero attached hydrogens (tertiary/aromatic N) is 2. The van der Waals surface area contributed by atoms with Gasteiger partial charge in [0.05, 0.1) is 25.9 Å². The molecule has 0 aromatic carbocycles. The third-order valence-electron chi connectivity index (χ3n) is 2.51. The Morgan fingerprint density at radius 3 is 2.28 bits per heavy atom. The summed E-state index contributed by atoms with van der Waals surface area (Å²) in [7, 11) is 3.05. The molecule has 0 aliphatic carbocycles. The highest BCUT2D eigenvalue weighted by Gasteiger charge is 2.19. The minimum Gasteiger partial charge on any atom is -0.481 e. The van der Waals surface area contributed by atoms with Crippen molar-refractivity contribution in [2.24, 2.45) is 0 Å². The van der Waals surface area contributed by atoms with Gasteiger partial charge in [0, 0.05) is 6.54 Å². The molecular weight excluding hydrogens is 234 g/mol. The first-order valence-corrected chi connectivity index (χ1v) is 5.94. The average molecular weight is 255 g/mol. The number of anilines is 1. The van der Waals surface area contributed by atoms with Crippen LogP contribution in [0.2, 0.25) is 0 Å². The van der Waals surface area contributed by atoms with Gasteiger partial charge in [0.1, 0.15) is 0 Å². The molecule has 18 heavy (non-hydrogen) atoms. The summed E-state index contributed by atoms with van der Waals surface area (Å²) >= 11 is 0. The van der Waals surface area contributed by atoms with E-state index in [-0.39, 0.29) is 0 Å². The number of hydrogen-bond acceptors (Lipinski definition) is 6. The number of nitrogens with one attached hydrogen (secondary N) is 1. The van der Waals surface area contributed by atoms with E-state index in [2.05, 4.69) is 15.3 Å². The molecular formula is C12H21N3O3. The van der Waals surface area contributed by atoms with Gasteiger partial charge in [-0.05, 0) is 13.3 Å². The van der Waals surface area contributed by atoms with Crippen LogP contribution in [0.4, 0.5) is 5.95 Å². The molecule has 102 valence electrons. The number of aliphatic hydroxyl groups is 1. The Balaban J connectivity index is 2.72. The largest absolute Gasteiger partial charge is 0.481 e. The fraction of sp³-hybridized carbons (Fsp3) is 0.667. The molecule has 6 nitrogen and oxygen atoms in total. The van der Waals surface area contributed by atoms with E-state index >= 15 is 0 Å². The quantitative estimate of drug-likeness (QED) is 0.768. The van der Waals surface area contributed by atoms with E-state index in [0.29, 0.717) is 30.7 Å². The molecule has 1 heterocycles. The normalized spacial score (nSPS) is 13.8. The first kappa shape index (κ1) is 14.5. The van der Waals surface area contributed by atoms with E-state index in [4.69, 9.17) is 9.47 Å². The zero-order valence-corrected chi connectivity index (χ0v) is 11.4. The molecule has 0 bridgehead atoms. The summed E-state index contributed by atoms with van der Waals surface area (Å²) in [4.78, 5) is 8.25. The molecule has 0 fully saturated rings. The van der Waals surface area contributed by atoms with Crippen molar-refractivity contribution in [3.8, 4) is 11.8 Å². The molecule has 1 atom stereocenters. The van der Waals surface area contributed by atoms with Gasteiger partial charge in [0.2, 0.25) is 17.7 Å². The molecule has 0 saturated heterocycles. The Kier molecular flexibility index (Phi) is 5.15. The molecule has 1 unspecified atom stereocenters. The first-order valence-electron chi connectivity index (χ1n) is 5.94. The van der Waals surface area contributed by atoms with Gasteiger partial charge in [-0.3, -0.25) is 0 Å². The number of aromatic nitrogens is 2. The maximum atomic E-state index is 10.0. The minimum absolute atomic E-state index is 0.372. The Hall–Kier alpha value is -1.56. The summed E-state index contributed by atoms with van der Waals surface area (Å²) in [5.41, 5.74) is -0.783. The summed E-state index contributed by atoms with van der Waals surface area (Å²) in [6.07, 6.45) is 1.62. The van der Waals surface area contributed by atoms with Crippen molar-refractivity contribution >= 4 is 5.95 Å². The lowest BCUT2D eigenvalue weighted by Gasteiger charge is -2.23. The molecule has 6 heteroatoms. The zero-order chi connectivity index (χ0) is 13.6. The fourth-order valence-electron chi connectivity index (χ4n) is 1.59. The Bertz CT molecular complexity index is 361. The van der Waals surface area contributed by atoms with Gasteiger partial charge in [-0.2, -0.15) is 9.97 Å². The molecule has 2 N–H and O–H groups in total. The number of rotatable bonds is 7. The van der Waals surface area contributed by atoms with E-state index in [1.54, 1.807) is 13.0 Å². The maximum absolute atomic E-state index is 10.0. The third-order valence-corrected chi connectivity index (χ3v) is 2.51. The second kappa shape index (κ2) is 6.39. The topological polar surface area (TPSA) is 76.5 Å².